The summed E-state index contributed by atoms with van der Waals surface area (Å²) in [5.74, 6) is 0. The van der Waals surface area contributed by atoms with Crippen LogP contribution in [0.4, 0.5) is 0 Å². The Labute approximate surface area is 121 Å². The third-order valence-corrected chi connectivity index (χ3v) is 4.66. The predicted molar refractivity (Wildman–Crippen MR) is 81.5 cm³/mol. The molecule has 0 fully saturated rings. The molecule has 2 N–H and O–H groups in total. The molecule has 4 heteroatoms. The van der Waals surface area contributed by atoms with Crippen LogP contribution in [0.1, 0.15) is 25.0 Å². The van der Waals surface area contributed by atoms with Crippen molar-refractivity contribution >= 4 is 28.5 Å². The normalized spacial score (nSPS) is 15.0. The van der Waals surface area contributed by atoms with E-state index in [4.69, 9.17) is 0 Å². The molecule has 0 bridgehead atoms. The Hall–Kier alpha value is -1.10. The lowest BCUT2D eigenvalue weighted by Gasteiger charge is -2.24. The van der Waals surface area contributed by atoms with E-state index in [2.05, 4.69) is 41.9 Å². The SMILES string of the molecule is CC1(C)c2ccccc2-c2ccc(Br)c(B(O)O)c21. The molecule has 0 spiro atoms. The van der Waals surface area contributed by atoms with E-state index in [1.165, 1.54) is 11.1 Å². The molecule has 3 rings (SSSR count). The van der Waals surface area contributed by atoms with E-state index in [9.17, 15) is 10.0 Å². The van der Waals surface area contributed by atoms with Gasteiger partial charge in [-0.3, -0.25) is 0 Å². The monoisotopic (exact) mass is 316 g/mol. The third kappa shape index (κ3) is 1.71. The van der Waals surface area contributed by atoms with Gasteiger partial charge in [-0.05, 0) is 28.3 Å². The van der Waals surface area contributed by atoms with Crippen molar-refractivity contribution in [3.8, 4) is 11.1 Å². The Bertz CT molecular complexity index is 665. The molecule has 0 amide bonds. The summed E-state index contributed by atoms with van der Waals surface area (Å²) in [6.45, 7) is 4.24. The van der Waals surface area contributed by atoms with Crippen molar-refractivity contribution in [2.75, 3.05) is 0 Å². The van der Waals surface area contributed by atoms with E-state index in [0.717, 1.165) is 15.6 Å². The number of halogens is 1. The van der Waals surface area contributed by atoms with Crippen LogP contribution in [0.2, 0.25) is 0 Å². The maximum atomic E-state index is 9.71. The van der Waals surface area contributed by atoms with Gasteiger partial charge in [0.15, 0.2) is 0 Å². The number of benzene rings is 2. The molecule has 0 heterocycles. The van der Waals surface area contributed by atoms with Gasteiger partial charge in [0.2, 0.25) is 0 Å². The van der Waals surface area contributed by atoms with Crippen LogP contribution >= 0.6 is 15.9 Å². The van der Waals surface area contributed by atoms with Crippen LogP contribution in [0.3, 0.4) is 0 Å². The van der Waals surface area contributed by atoms with Gasteiger partial charge >= 0.3 is 7.12 Å². The van der Waals surface area contributed by atoms with Crippen LogP contribution in [0.25, 0.3) is 11.1 Å². The van der Waals surface area contributed by atoms with Gasteiger partial charge in [-0.15, -0.1) is 0 Å². The highest BCUT2D eigenvalue weighted by Gasteiger charge is 2.39. The largest absolute Gasteiger partial charge is 0.489 e. The molecule has 0 unspecified atom stereocenters. The second-order valence-electron chi connectivity index (χ2n) is 5.43. The predicted octanol–water partition coefficient (Wildman–Crippen LogP) is 2.44. The fourth-order valence-corrected chi connectivity index (χ4v) is 3.68. The van der Waals surface area contributed by atoms with Crippen molar-refractivity contribution in [3.05, 3.63) is 52.0 Å². The summed E-state index contributed by atoms with van der Waals surface area (Å²) in [6, 6.07) is 12.2. The molecule has 0 aliphatic heterocycles. The summed E-state index contributed by atoms with van der Waals surface area (Å²) in [7, 11) is -1.47. The van der Waals surface area contributed by atoms with Gasteiger partial charge in [0, 0.05) is 15.4 Å². The van der Waals surface area contributed by atoms with Gasteiger partial charge in [0.25, 0.3) is 0 Å². The Balaban J connectivity index is 2.42. The molecular formula is C15H14BBrO2. The van der Waals surface area contributed by atoms with E-state index in [-0.39, 0.29) is 5.41 Å². The maximum Gasteiger partial charge on any atom is 0.489 e. The Kier molecular flexibility index (Phi) is 2.86. The summed E-state index contributed by atoms with van der Waals surface area (Å²) < 4.78 is 0.738. The molecule has 1 aliphatic carbocycles. The average molecular weight is 317 g/mol. The highest BCUT2D eigenvalue weighted by atomic mass is 79.9. The van der Waals surface area contributed by atoms with Gasteiger partial charge in [-0.2, -0.15) is 0 Å². The zero-order chi connectivity index (χ0) is 13.8. The minimum atomic E-state index is -1.47. The summed E-state index contributed by atoms with van der Waals surface area (Å²) in [5, 5.41) is 19.4. The van der Waals surface area contributed by atoms with Crippen LogP contribution in [-0.4, -0.2) is 17.2 Å². The van der Waals surface area contributed by atoms with Gasteiger partial charge in [0.05, 0.1) is 0 Å². The lowest BCUT2D eigenvalue weighted by Crippen LogP contribution is -2.38. The Morgan fingerprint density at radius 1 is 1.00 bits per heavy atom. The summed E-state index contributed by atoms with van der Waals surface area (Å²) in [6.07, 6.45) is 0. The van der Waals surface area contributed by atoms with Gasteiger partial charge in [-0.25, -0.2) is 0 Å². The van der Waals surface area contributed by atoms with Crippen molar-refractivity contribution < 1.29 is 10.0 Å². The molecular weight excluding hydrogens is 303 g/mol. The maximum absolute atomic E-state index is 9.71. The minimum Gasteiger partial charge on any atom is -0.423 e. The quantitative estimate of drug-likeness (QED) is 0.793. The van der Waals surface area contributed by atoms with Crippen molar-refractivity contribution in [1.82, 2.24) is 0 Å². The second kappa shape index (κ2) is 4.20. The first-order chi connectivity index (χ1) is 8.94. The highest BCUT2D eigenvalue weighted by molar-refractivity contribution is 9.10. The number of fused-ring (bicyclic) bond motifs is 3. The lowest BCUT2D eigenvalue weighted by atomic mass is 9.69. The lowest BCUT2D eigenvalue weighted by molar-refractivity contribution is 0.424. The molecule has 0 aromatic heterocycles. The van der Waals surface area contributed by atoms with Crippen LogP contribution in [0.5, 0.6) is 0 Å². The minimum absolute atomic E-state index is 0.227. The van der Waals surface area contributed by atoms with Crippen molar-refractivity contribution in [3.63, 3.8) is 0 Å². The number of hydrogen-bond acceptors (Lipinski definition) is 2. The topological polar surface area (TPSA) is 40.5 Å². The molecule has 0 saturated heterocycles. The first-order valence-corrected chi connectivity index (χ1v) is 7.03. The standard InChI is InChI=1S/C15H14BBrO2/c1-15(2)11-6-4-3-5-9(11)10-7-8-12(17)14(13(10)15)16(18)19/h3-8,18-19H,1-2H3. The van der Waals surface area contributed by atoms with Gasteiger partial charge in [0.1, 0.15) is 0 Å². The highest BCUT2D eigenvalue weighted by Crippen LogP contribution is 2.48. The van der Waals surface area contributed by atoms with E-state index in [1.807, 2.05) is 24.3 Å². The van der Waals surface area contributed by atoms with Crippen LogP contribution in [-0.2, 0) is 5.41 Å². The number of rotatable bonds is 1. The first kappa shape index (κ1) is 12.9. The van der Waals surface area contributed by atoms with Crippen molar-refractivity contribution in [2.24, 2.45) is 0 Å². The van der Waals surface area contributed by atoms with Gasteiger partial charge in [-0.1, -0.05) is 60.1 Å². The molecule has 2 aromatic carbocycles. The van der Waals surface area contributed by atoms with Crippen molar-refractivity contribution in [2.45, 2.75) is 19.3 Å². The fourth-order valence-electron chi connectivity index (χ4n) is 3.14. The zero-order valence-corrected chi connectivity index (χ0v) is 12.4. The summed E-state index contributed by atoms with van der Waals surface area (Å²) in [5.41, 5.74) is 4.83. The Morgan fingerprint density at radius 2 is 1.68 bits per heavy atom. The molecule has 2 nitrogen and oxygen atoms in total. The van der Waals surface area contributed by atoms with Gasteiger partial charge < -0.3 is 10.0 Å². The van der Waals surface area contributed by atoms with Crippen LogP contribution in [0, 0.1) is 0 Å². The third-order valence-electron chi connectivity index (χ3n) is 3.97. The second-order valence-corrected chi connectivity index (χ2v) is 6.28. The van der Waals surface area contributed by atoms with E-state index in [1.54, 1.807) is 0 Å². The molecule has 2 aromatic rings. The number of hydrogen-bond donors (Lipinski definition) is 2. The molecule has 96 valence electrons. The molecule has 1 aliphatic rings. The van der Waals surface area contributed by atoms with Crippen molar-refractivity contribution in [1.29, 1.82) is 0 Å². The molecule has 19 heavy (non-hydrogen) atoms. The van der Waals surface area contributed by atoms with E-state index >= 15 is 0 Å². The zero-order valence-electron chi connectivity index (χ0n) is 10.8. The summed E-state index contributed by atoms with van der Waals surface area (Å²) in [4.78, 5) is 0. The first-order valence-electron chi connectivity index (χ1n) is 6.23. The average Bonchev–Trinajstić information content (AvgIpc) is 2.59. The fraction of sp³-hybridized carbons (Fsp3) is 0.200. The molecule has 0 atom stereocenters. The summed E-state index contributed by atoms with van der Waals surface area (Å²) >= 11 is 3.43. The van der Waals surface area contributed by atoms with E-state index in [0.29, 0.717) is 5.46 Å². The van der Waals surface area contributed by atoms with Crippen LogP contribution in [0.15, 0.2) is 40.9 Å². The molecule has 0 saturated carbocycles. The molecule has 0 radical (unpaired) electrons. The van der Waals surface area contributed by atoms with E-state index < -0.39 is 7.12 Å². The van der Waals surface area contributed by atoms with Crippen LogP contribution < -0.4 is 5.46 Å². The Morgan fingerprint density at radius 3 is 2.37 bits per heavy atom. The smallest absolute Gasteiger partial charge is 0.423 e.